The van der Waals surface area contributed by atoms with Gasteiger partial charge in [0.05, 0.1) is 13.4 Å². The van der Waals surface area contributed by atoms with Gasteiger partial charge in [-0.1, -0.05) is 6.07 Å². The lowest BCUT2D eigenvalue weighted by Crippen LogP contribution is -2.09. The minimum absolute atomic E-state index is 0.336. The maximum atomic E-state index is 13.6. The molecule has 0 fully saturated rings. The summed E-state index contributed by atoms with van der Waals surface area (Å²) in [6, 6.07) is 8.35. The van der Waals surface area contributed by atoms with E-state index in [1.54, 1.807) is 32.4 Å². The summed E-state index contributed by atoms with van der Waals surface area (Å²) in [4.78, 5) is 12.3. The second-order valence-corrected chi connectivity index (χ2v) is 6.25. The van der Waals surface area contributed by atoms with Crippen LogP contribution in [0.2, 0.25) is 0 Å². The summed E-state index contributed by atoms with van der Waals surface area (Å²) in [6.07, 6.45) is 3.16. The molecule has 1 heterocycles. The lowest BCUT2D eigenvalue weighted by Gasteiger charge is -2.10. The van der Waals surface area contributed by atoms with Gasteiger partial charge in [-0.3, -0.25) is 4.79 Å². The average Bonchev–Trinajstić information content (AvgIpc) is 2.97. The van der Waals surface area contributed by atoms with E-state index in [-0.39, 0.29) is 11.7 Å². The number of methoxy groups -OCH3 is 1. The number of halogens is 1. The summed E-state index contributed by atoms with van der Waals surface area (Å²) in [5.41, 5.74) is 4.22. The van der Waals surface area contributed by atoms with Gasteiger partial charge in [-0.2, -0.15) is 0 Å². The Bertz CT molecular complexity index is 1020. The molecule has 3 rings (SSSR count). The van der Waals surface area contributed by atoms with Gasteiger partial charge in [0.25, 0.3) is 0 Å². The van der Waals surface area contributed by atoms with Gasteiger partial charge in [-0.05, 0) is 55.7 Å². The van der Waals surface area contributed by atoms with Crippen molar-refractivity contribution >= 4 is 28.1 Å². The number of ether oxygens (including phenoxy) is 1. The van der Waals surface area contributed by atoms with E-state index in [1.807, 2.05) is 26.0 Å². The van der Waals surface area contributed by atoms with Crippen LogP contribution in [0.1, 0.15) is 23.6 Å². The first kappa shape index (κ1) is 17.7. The number of anilines is 1. The molecule has 0 aliphatic rings. The Morgan fingerprint density at radius 1 is 1.19 bits per heavy atom. The average molecular weight is 353 g/mol. The number of benzene rings is 2. The molecule has 1 N–H and O–H groups in total. The third kappa shape index (κ3) is 3.47. The van der Waals surface area contributed by atoms with Crippen LogP contribution >= 0.6 is 0 Å². The van der Waals surface area contributed by atoms with Crippen molar-refractivity contribution in [3.8, 4) is 5.75 Å². The lowest BCUT2D eigenvalue weighted by molar-refractivity contribution is -0.111. The van der Waals surface area contributed by atoms with Crippen molar-refractivity contribution in [2.75, 3.05) is 12.4 Å². The molecule has 5 heteroatoms. The number of hydrogen-bond acceptors (Lipinski definition) is 3. The molecule has 0 atom stereocenters. The van der Waals surface area contributed by atoms with Crippen LogP contribution in [0.15, 0.2) is 47.1 Å². The number of hydrogen-bond donors (Lipinski definition) is 1. The normalized spacial score (nSPS) is 11.7. The minimum Gasteiger partial charge on any atom is -0.496 e. The van der Waals surface area contributed by atoms with Crippen molar-refractivity contribution in [1.29, 1.82) is 0 Å². The van der Waals surface area contributed by atoms with Crippen LogP contribution in [0.5, 0.6) is 5.75 Å². The Morgan fingerprint density at radius 3 is 2.65 bits per heavy atom. The van der Waals surface area contributed by atoms with E-state index >= 15 is 0 Å². The molecule has 0 radical (unpaired) electrons. The predicted octanol–water partition coefficient (Wildman–Crippen LogP) is 5.24. The Labute approximate surface area is 151 Å². The smallest absolute Gasteiger partial charge is 0.248 e. The van der Waals surface area contributed by atoms with Gasteiger partial charge < -0.3 is 14.5 Å². The SMILES string of the molecule is COc1cc2occ(C)c2cc1/C(C)=C/C(=O)Nc1ccc(C)c(F)c1. The molecular weight excluding hydrogens is 333 g/mol. The Kier molecular flexibility index (Phi) is 4.80. The number of allylic oxidation sites excluding steroid dienone is 1. The number of carbonyl (C=O) groups is 1. The Balaban J connectivity index is 1.90. The van der Waals surface area contributed by atoms with Crippen LogP contribution in [0.3, 0.4) is 0 Å². The Morgan fingerprint density at radius 2 is 1.96 bits per heavy atom. The largest absolute Gasteiger partial charge is 0.496 e. The summed E-state index contributed by atoms with van der Waals surface area (Å²) in [7, 11) is 1.57. The maximum Gasteiger partial charge on any atom is 0.248 e. The molecule has 0 spiro atoms. The highest BCUT2D eigenvalue weighted by Gasteiger charge is 2.12. The van der Waals surface area contributed by atoms with E-state index in [0.717, 1.165) is 27.7 Å². The van der Waals surface area contributed by atoms with Crippen LogP contribution in [0.25, 0.3) is 16.5 Å². The van der Waals surface area contributed by atoms with Gasteiger partial charge >= 0.3 is 0 Å². The number of fused-ring (bicyclic) bond motifs is 1. The van der Waals surface area contributed by atoms with Crippen molar-refractivity contribution in [1.82, 2.24) is 0 Å². The number of amides is 1. The summed E-state index contributed by atoms with van der Waals surface area (Å²) < 4.78 is 24.5. The molecule has 1 aromatic heterocycles. The first-order chi connectivity index (χ1) is 12.4. The molecule has 0 bridgehead atoms. The number of carbonyl (C=O) groups excluding carboxylic acids is 1. The quantitative estimate of drug-likeness (QED) is 0.653. The first-order valence-electron chi connectivity index (χ1n) is 8.20. The molecule has 1 amide bonds. The van der Waals surface area contributed by atoms with Crippen molar-refractivity contribution in [3.63, 3.8) is 0 Å². The van der Waals surface area contributed by atoms with E-state index in [0.29, 0.717) is 17.0 Å². The second kappa shape index (κ2) is 7.04. The van der Waals surface area contributed by atoms with Crippen molar-refractivity contribution in [3.05, 3.63) is 65.2 Å². The van der Waals surface area contributed by atoms with E-state index in [2.05, 4.69) is 5.32 Å². The first-order valence-corrected chi connectivity index (χ1v) is 8.20. The molecular formula is C21H20FNO3. The van der Waals surface area contributed by atoms with Gasteiger partial charge in [0.1, 0.15) is 17.1 Å². The highest BCUT2D eigenvalue weighted by atomic mass is 19.1. The molecule has 4 nitrogen and oxygen atoms in total. The van der Waals surface area contributed by atoms with E-state index < -0.39 is 0 Å². The third-order valence-electron chi connectivity index (χ3n) is 4.30. The van der Waals surface area contributed by atoms with Gasteiger partial charge in [0.15, 0.2) is 0 Å². The second-order valence-electron chi connectivity index (χ2n) is 6.25. The molecule has 3 aromatic rings. The standard InChI is InChI=1S/C21H20FNO3/c1-12-5-6-15(8-18(12)22)23-21(24)7-13(2)16-9-17-14(3)11-26-20(17)10-19(16)25-4/h5-11H,1-4H3,(H,23,24)/b13-7+. The van der Waals surface area contributed by atoms with Gasteiger partial charge in [0.2, 0.25) is 5.91 Å². The highest BCUT2D eigenvalue weighted by molar-refractivity contribution is 6.04. The van der Waals surface area contributed by atoms with Gasteiger partial charge in [0, 0.05) is 28.8 Å². The van der Waals surface area contributed by atoms with E-state index in [4.69, 9.17) is 9.15 Å². The number of rotatable bonds is 4. The number of furan rings is 1. The van der Waals surface area contributed by atoms with Crippen LogP contribution in [-0.2, 0) is 4.79 Å². The molecule has 0 unspecified atom stereocenters. The number of nitrogens with one attached hydrogen (secondary N) is 1. The predicted molar refractivity (Wildman–Crippen MR) is 101 cm³/mol. The monoisotopic (exact) mass is 353 g/mol. The highest BCUT2D eigenvalue weighted by Crippen LogP contribution is 2.33. The Hall–Kier alpha value is -3.08. The van der Waals surface area contributed by atoms with Crippen molar-refractivity contribution in [2.24, 2.45) is 0 Å². The van der Waals surface area contributed by atoms with Crippen LogP contribution < -0.4 is 10.1 Å². The lowest BCUT2D eigenvalue weighted by atomic mass is 10.0. The fourth-order valence-electron chi connectivity index (χ4n) is 2.78. The zero-order chi connectivity index (χ0) is 18.8. The maximum absolute atomic E-state index is 13.6. The fraction of sp³-hybridized carbons (Fsp3) is 0.190. The molecule has 134 valence electrons. The molecule has 26 heavy (non-hydrogen) atoms. The van der Waals surface area contributed by atoms with Crippen LogP contribution in [0.4, 0.5) is 10.1 Å². The van der Waals surface area contributed by atoms with Crippen molar-refractivity contribution < 1.29 is 18.3 Å². The molecule has 0 aliphatic heterocycles. The summed E-state index contributed by atoms with van der Waals surface area (Å²) >= 11 is 0. The van der Waals surface area contributed by atoms with Crippen molar-refractivity contribution in [2.45, 2.75) is 20.8 Å². The molecule has 2 aromatic carbocycles. The summed E-state index contributed by atoms with van der Waals surface area (Å²) in [6.45, 7) is 5.46. The zero-order valence-corrected chi connectivity index (χ0v) is 15.1. The number of aryl methyl sites for hydroxylation is 2. The molecule has 0 saturated carbocycles. The molecule has 0 aliphatic carbocycles. The van der Waals surface area contributed by atoms with Gasteiger partial charge in [-0.15, -0.1) is 0 Å². The van der Waals surface area contributed by atoms with Gasteiger partial charge in [-0.25, -0.2) is 4.39 Å². The summed E-state index contributed by atoms with van der Waals surface area (Å²) in [5, 5.41) is 3.64. The van der Waals surface area contributed by atoms with Crippen LogP contribution in [0, 0.1) is 19.7 Å². The molecule has 0 saturated heterocycles. The van der Waals surface area contributed by atoms with E-state index in [9.17, 15) is 9.18 Å². The fourth-order valence-corrected chi connectivity index (χ4v) is 2.78. The van der Waals surface area contributed by atoms with Crippen LogP contribution in [-0.4, -0.2) is 13.0 Å². The topological polar surface area (TPSA) is 51.5 Å². The minimum atomic E-state index is -0.356. The third-order valence-corrected chi connectivity index (χ3v) is 4.30. The zero-order valence-electron chi connectivity index (χ0n) is 15.1. The summed E-state index contributed by atoms with van der Waals surface area (Å²) in [5.74, 6) is -0.0716. The van der Waals surface area contributed by atoms with E-state index in [1.165, 1.54) is 12.1 Å².